The number of nitrogens with zero attached hydrogens (tertiary/aromatic N) is 2. The van der Waals surface area contributed by atoms with Gasteiger partial charge in [-0.1, -0.05) is 12.1 Å². The molecule has 0 bridgehead atoms. The average molecular weight is 338 g/mol. The molecule has 120 valence electrons. The van der Waals surface area contributed by atoms with Crippen LogP contribution >= 0.6 is 11.3 Å². The second kappa shape index (κ2) is 6.89. The average Bonchev–Trinajstić information content (AvgIpc) is 2.89. The molecule has 0 aliphatic heterocycles. The summed E-state index contributed by atoms with van der Waals surface area (Å²) >= 11 is 1.74. The second-order valence-corrected chi connectivity index (χ2v) is 8.95. The van der Waals surface area contributed by atoms with Gasteiger partial charge >= 0.3 is 0 Å². The number of likely N-dealkylation sites (N-methyl/N-ethyl adjacent to an activating group) is 1. The van der Waals surface area contributed by atoms with Gasteiger partial charge in [0.15, 0.2) is 9.84 Å². The maximum atomic E-state index is 11.5. The first kappa shape index (κ1) is 17.1. The van der Waals surface area contributed by atoms with Gasteiger partial charge < -0.3 is 0 Å². The van der Waals surface area contributed by atoms with Gasteiger partial charge in [-0.25, -0.2) is 13.4 Å². The fraction of sp³-hybridized carbons (Fsp3) is 0.438. The van der Waals surface area contributed by atoms with Crippen LogP contribution in [0, 0.1) is 6.92 Å². The van der Waals surface area contributed by atoms with Gasteiger partial charge in [-0.2, -0.15) is 0 Å². The Hall–Kier alpha value is -1.24. The highest BCUT2D eigenvalue weighted by Crippen LogP contribution is 2.21. The SMILES string of the molecule is Cc1cnc(CCN(C)C(C)c2ccc(S(C)(=O)=O)cc2)s1. The number of hydrogen-bond donors (Lipinski definition) is 0. The van der Waals surface area contributed by atoms with E-state index in [1.54, 1.807) is 23.5 Å². The van der Waals surface area contributed by atoms with Crippen LogP contribution in [0.1, 0.15) is 28.4 Å². The van der Waals surface area contributed by atoms with E-state index in [4.69, 9.17) is 0 Å². The standard InChI is InChI=1S/C16H22N2O2S2/c1-12-11-17-16(21-12)9-10-18(3)13(2)14-5-7-15(8-6-14)22(4,19)20/h5-8,11,13H,9-10H2,1-4H3. The third kappa shape index (κ3) is 4.38. The van der Waals surface area contributed by atoms with E-state index in [0.717, 1.165) is 23.5 Å². The molecule has 22 heavy (non-hydrogen) atoms. The zero-order valence-electron chi connectivity index (χ0n) is 13.4. The largest absolute Gasteiger partial charge is 0.299 e. The Kier molecular flexibility index (Phi) is 5.36. The third-order valence-electron chi connectivity index (χ3n) is 3.80. The number of rotatable bonds is 6. The highest BCUT2D eigenvalue weighted by Gasteiger charge is 2.14. The van der Waals surface area contributed by atoms with Crippen LogP contribution in [-0.2, 0) is 16.3 Å². The summed E-state index contributed by atoms with van der Waals surface area (Å²) in [6, 6.07) is 7.38. The first-order chi connectivity index (χ1) is 10.3. The second-order valence-electron chi connectivity index (χ2n) is 5.61. The summed E-state index contributed by atoms with van der Waals surface area (Å²) in [6.45, 7) is 5.11. The van der Waals surface area contributed by atoms with Crippen LogP contribution in [0.2, 0.25) is 0 Å². The number of thiazole rings is 1. The van der Waals surface area contributed by atoms with Gasteiger partial charge in [-0.3, -0.25) is 4.90 Å². The van der Waals surface area contributed by atoms with E-state index in [0.29, 0.717) is 4.90 Å². The maximum absolute atomic E-state index is 11.5. The fourth-order valence-corrected chi connectivity index (χ4v) is 3.64. The Morgan fingerprint density at radius 2 is 1.91 bits per heavy atom. The zero-order chi connectivity index (χ0) is 16.3. The Labute approximate surface area is 136 Å². The van der Waals surface area contributed by atoms with E-state index in [2.05, 4.69) is 30.8 Å². The van der Waals surface area contributed by atoms with E-state index in [-0.39, 0.29) is 6.04 Å². The van der Waals surface area contributed by atoms with Crippen LogP contribution in [0.3, 0.4) is 0 Å². The summed E-state index contributed by atoms with van der Waals surface area (Å²) in [5.74, 6) is 0. The van der Waals surface area contributed by atoms with Crippen LogP contribution in [0.5, 0.6) is 0 Å². The minimum Gasteiger partial charge on any atom is -0.299 e. The molecular weight excluding hydrogens is 316 g/mol. The Morgan fingerprint density at radius 1 is 1.27 bits per heavy atom. The lowest BCUT2D eigenvalue weighted by Gasteiger charge is -2.24. The van der Waals surface area contributed by atoms with Crippen molar-refractivity contribution in [2.24, 2.45) is 0 Å². The molecule has 1 heterocycles. The highest BCUT2D eigenvalue weighted by molar-refractivity contribution is 7.90. The van der Waals surface area contributed by atoms with E-state index in [9.17, 15) is 8.42 Å². The lowest BCUT2D eigenvalue weighted by molar-refractivity contribution is 0.264. The molecule has 0 fully saturated rings. The van der Waals surface area contributed by atoms with Gasteiger partial charge in [0.2, 0.25) is 0 Å². The molecule has 1 aromatic heterocycles. The molecule has 0 N–H and O–H groups in total. The van der Waals surface area contributed by atoms with E-state index in [1.165, 1.54) is 11.1 Å². The molecule has 0 saturated heterocycles. The van der Waals surface area contributed by atoms with Gasteiger partial charge in [0.05, 0.1) is 9.90 Å². The van der Waals surface area contributed by atoms with Crippen molar-refractivity contribution < 1.29 is 8.42 Å². The highest BCUT2D eigenvalue weighted by atomic mass is 32.2. The molecule has 1 aromatic carbocycles. The number of aryl methyl sites for hydroxylation is 1. The molecule has 0 aliphatic rings. The third-order valence-corrected chi connectivity index (χ3v) is 5.90. The van der Waals surface area contributed by atoms with Crippen molar-refractivity contribution >= 4 is 21.2 Å². The zero-order valence-corrected chi connectivity index (χ0v) is 15.0. The van der Waals surface area contributed by atoms with Crippen molar-refractivity contribution in [1.82, 2.24) is 9.88 Å². The van der Waals surface area contributed by atoms with Crippen LogP contribution in [-0.4, -0.2) is 38.1 Å². The van der Waals surface area contributed by atoms with Crippen molar-refractivity contribution in [1.29, 1.82) is 0 Å². The van der Waals surface area contributed by atoms with Crippen molar-refractivity contribution in [2.45, 2.75) is 31.2 Å². The monoisotopic (exact) mass is 338 g/mol. The Bertz CT molecular complexity index is 721. The molecule has 0 aliphatic carbocycles. The Balaban J connectivity index is 1.99. The number of hydrogen-bond acceptors (Lipinski definition) is 5. The summed E-state index contributed by atoms with van der Waals surface area (Å²) in [5, 5.41) is 1.16. The minimum absolute atomic E-state index is 0.231. The van der Waals surface area contributed by atoms with Crippen molar-refractivity contribution in [3.63, 3.8) is 0 Å². The van der Waals surface area contributed by atoms with Gasteiger partial charge in [-0.05, 0) is 38.6 Å². The van der Waals surface area contributed by atoms with E-state index in [1.807, 2.05) is 18.3 Å². The number of benzene rings is 1. The molecular formula is C16H22N2O2S2. The molecule has 1 atom stereocenters. The molecule has 1 unspecified atom stereocenters. The van der Waals surface area contributed by atoms with Crippen LogP contribution in [0.4, 0.5) is 0 Å². The lowest BCUT2D eigenvalue weighted by Crippen LogP contribution is -2.24. The van der Waals surface area contributed by atoms with Gasteiger partial charge in [-0.15, -0.1) is 11.3 Å². The van der Waals surface area contributed by atoms with Crippen molar-refractivity contribution in [3.05, 3.63) is 45.9 Å². The molecule has 6 heteroatoms. The molecule has 0 amide bonds. The normalized spacial score (nSPS) is 13.5. The van der Waals surface area contributed by atoms with Crippen LogP contribution in [0.15, 0.2) is 35.4 Å². The fourth-order valence-electron chi connectivity index (χ4n) is 2.23. The van der Waals surface area contributed by atoms with Gasteiger partial charge in [0, 0.05) is 36.3 Å². The van der Waals surface area contributed by atoms with Crippen molar-refractivity contribution in [3.8, 4) is 0 Å². The summed E-state index contributed by atoms with van der Waals surface area (Å²) < 4.78 is 23.0. The molecule has 0 saturated carbocycles. The number of aromatic nitrogens is 1. The first-order valence-corrected chi connectivity index (χ1v) is 9.89. The van der Waals surface area contributed by atoms with Crippen LogP contribution in [0.25, 0.3) is 0 Å². The van der Waals surface area contributed by atoms with Gasteiger partial charge in [0.25, 0.3) is 0 Å². The smallest absolute Gasteiger partial charge is 0.175 e. The molecule has 2 aromatic rings. The lowest BCUT2D eigenvalue weighted by atomic mass is 10.1. The summed E-state index contributed by atoms with van der Waals surface area (Å²) in [4.78, 5) is 8.24. The summed E-state index contributed by atoms with van der Waals surface area (Å²) in [5.41, 5.74) is 1.12. The molecule has 2 rings (SSSR count). The Morgan fingerprint density at radius 3 is 2.41 bits per heavy atom. The minimum atomic E-state index is -3.13. The predicted molar refractivity (Wildman–Crippen MR) is 91.2 cm³/mol. The number of sulfone groups is 1. The summed E-state index contributed by atoms with van der Waals surface area (Å²) in [7, 11) is -1.05. The maximum Gasteiger partial charge on any atom is 0.175 e. The molecule has 4 nitrogen and oxygen atoms in total. The van der Waals surface area contributed by atoms with E-state index < -0.39 is 9.84 Å². The quantitative estimate of drug-likeness (QED) is 0.812. The molecule has 0 spiro atoms. The van der Waals surface area contributed by atoms with Crippen molar-refractivity contribution in [2.75, 3.05) is 19.8 Å². The predicted octanol–water partition coefficient (Wildman–Crippen LogP) is 3.09. The van der Waals surface area contributed by atoms with E-state index >= 15 is 0 Å². The molecule has 0 radical (unpaired) electrons. The van der Waals surface area contributed by atoms with Crippen LogP contribution < -0.4 is 0 Å². The first-order valence-electron chi connectivity index (χ1n) is 7.19. The topological polar surface area (TPSA) is 50.3 Å². The summed E-state index contributed by atoms with van der Waals surface area (Å²) in [6.07, 6.45) is 4.07. The van der Waals surface area contributed by atoms with Gasteiger partial charge in [0.1, 0.15) is 0 Å².